The van der Waals surface area contributed by atoms with Crippen molar-refractivity contribution in [3.05, 3.63) is 34.3 Å². The van der Waals surface area contributed by atoms with Gasteiger partial charge in [0.1, 0.15) is 0 Å². The minimum Gasteiger partial charge on any atom is -0.469 e. The van der Waals surface area contributed by atoms with Gasteiger partial charge in [-0.15, -0.1) is 24.0 Å². The van der Waals surface area contributed by atoms with Crippen LogP contribution in [0.4, 0.5) is 0 Å². The summed E-state index contributed by atoms with van der Waals surface area (Å²) in [4.78, 5) is 18.6. The van der Waals surface area contributed by atoms with Gasteiger partial charge in [0.15, 0.2) is 5.96 Å². The Morgan fingerprint density at radius 3 is 2.54 bits per heavy atom. The zero-order valence-corrected chi connectivity index (χ0v) is 20.8. The first-order valence-corrected chi connectivity index (χ1v) is 10.4. The minimum atomic E-state index is -0.238. The average molecular weight is 567 g/mol. The van der Waals surface area contributed by atoms with Crippen LogP contribution in [-0.4, -0.2) is 56.2 Å². The first-order valence-electron chi connectivity index (χ1n) is 9.61. The van der Waals surface area contributed by atoms with Gasteiger partial charge in [0.2, 0.25) is 0 Å². The number of esters is 1. The maximum absolute atomic E-state index is 11.5. The molecule has 28 heavy (non-hydrogen) atoms. The molecule has 0 aromatic heterocycles. The van der Waals surface area contributed by atoms with E-state index in [4.69, 9.17) is 4.74 Å². The first kappa shape index (κ1) is 25.2. The molecule has 0 aliphatic carbocycles. The number of likely N-dealkylation sites (tertiary alicyclic amines) is 1. The number of methoxy groups -OCH3 is 1. The predicted molar refractivity (Wildman–Crippen MR) is 128 cm³/mol. The topological polar surface area (TPSA) is 66.0 Å². The smallest absolute Gasteiger partial charge is 0.310 e. The molecular weight excluding hydrogens is 535 g/mol. The van der Waals surface area contributed by atoms with E-state index >= 15 is 0 Å². The van der Waals surface area contributed by atoms with E-state index in [0.29, 0.717) is 12.6 Å². The van der Waals surface area contributed by atoms with Gasteiger partial charge in [0.05, 0.1) is 19.6 Å². The number of nitrogens with zero attached hydrogens (tertiary/aromatic N) is 2. The van der Waals surface area contributed by atoms with Crippen molar-refractivity contribution >= 4 is 51.8 Å². The van der Waals surface area contributed by atoms with Crippen LogP contribution >= 0.6 is 39.9 Å². The number of carbonyl (C=O) groups excluding carboxylic acids is 1. The van der Waals surface area contributed by atoms with Gasteiger partial charge in [-0.1, -0.05) is 35.0 Å². The number of aliphatic imine (C=N–C) groups is 1. The summed E-state index contributed by atoms with van der Waals surface area (Å²) in [7, 11) is 1.41. The highest BCUT2D eigenvalue weighted by molar-refractivity contribution is 14.0. The monoisotopic (exact) mass is 566 g/mol. The summed E-state index contributed by atoms with van der Waals surface area (Å²) in [6.07, 6.45) is 2.15. The van der Waals surface area contributed by atoms with Crippen molar-refractivity contribution in [2.24, 2.45) is 10.9 Å². The number of ether oxygens (including phenoxy) is 1. The third kappa shape index (κ3) is 8.65. The third-order valence-corrected chi connectivity index (χ3v) is 5.25. The van der Waals surface area contributed by atoms with Gasteiger partial charge in [-0.25, -0.2) is 0 Å². The van der Waals surface area contributed by atoms with Crippen molar-refractivity contribution in [2.75, 3.05) is 33.3 Å². The number of hydrogen-bond acceptors (Lipinski definition) is 4. The fourth-order valence-corrected chi connectivity index (χ4v) is 3.37. The number of rotatable bonds is 7. The number of piperidine rings is 1. The highest BCUT2D eigenvalue weighted by atomic mass is 127. The number of carbonyl (C=O) groups is 1. The second-order valence-corrected chi connectivity index (χ2v) is 7.88. The average Bonchev–Trinajstić information content (AvgIpc) is 2.68. The fourth-order valence-electron chi connectivity index (χ4n) is 3.10. The summed E-state index contributed by atoms with van der Waals surface area (Å²) in [5, 5.41) is 6.78. The summed E-state index contributed by atoms with van der Waals surface area (Å²) in [6, 6.07) is 8.94. The summed E-state index contributed by atoms with van der Waals surface area (Å²) >= 11 is 3.48. The molecule has 0 saturated carbocycles. The molecule has 8 heteroatoms. The Morgan fingerprint density at radius 1 is 1.32 bits per heavy atom. The molecule has 1 aliphatic heterocycles. The van der Waals surface area contributed by atoms with Crippen molar-refractivity contribution in [1.29, 1.82) is 0 Å². The second kappa shape index (κ2) is 13.4. The van der Waals surface area contributed by atoms with Gasteiger partial charge >= 0.3 is 5.97 Å². The molecule has 1 atom stereocenters. The zero-order valence-electron chi connectivity index (χ0n) is 16.9. The molecule has 0 spiro atoms. The Hall–Kier alpha value is -0.870. The number of guanidine groups is 1. The van der Waals surface area contributed by atoms with E-state index < -0.39 is 0 Å². The van der Waals surface area contributed by atoms with Crippen LogP contribution in [0.3, 0.4) is 0 Å². The van der Waals surface area contributed by atoms with Crippen molar-refractivity contribution in [3.8, 4) is 0 Å². The lowest BCUT2D eigenvalue weighted by atomic mass is 10.0. The van der Waals surface area contributed by atoms with Crippen molar-refractivity contribution in [1.82, 2.24) is 15.5 Å². The largest absolute Gasteiger partial charge is 0.469 e. The molecule has 1 aliphatic rings. The molecule has 1 saturated heterocycles. The van der Waals surface area contributed by atoms with Crippen LogP contribution in [0.15, 0.2) is 33.7 Å². The Kier molecular flexibility index (Phi) is 12.0. The van der Waals surface area contributed by atoms with Crippen LogP contribution in [0.1, 0.15) is 32.3 Å². The van der Waals surface area contributed by atoms with E-state index in [1.165, 1.54) is 12.7 Å². The molecule has 1 heterocycles. The van der Waals surface area contributed by atoms with Crippen LogP contribution < -0.4 is 10.6 Å². The van der Waals surface area contributed by atoms with E-state index in [1.54, 1.807) is 0 Å². The summed E-state index contributed by atoms with van der Waals surface area (Å²) in [5.41, 5.74) is 1.34. The first-order chi connectivity index (χ1) is 13.0. The molecule has 1 aromatic carbocycles. The molecule has 2 N–H and O–H groups in total. The van der Waals surface area contributed by atoms with Gasteiger partial charge in [-0.2, -0.15) is 0 Å². The minimum absolute atomic E-state index is 0. The molecule has 2 rings (SSSR count). The normalized spacial score (nSPS) is 16.8. The molecule has 0 bridgehead atoms. The Morgan fingerprint density at radius 2 is 1.96 bits per heavy atom. The Bertz CT molecular complexity index is 619. The van der Waals surface area contributed by atoms with Gasteiger partial charge in [0.25, 0.3) is 0 Å². The molecule has 158 valence electrons. The van der Waals surface area contributed by atoms with Crippen LogP contribution in [0.2, 0.25) is 0 Å². The fraction of sp³-hybridized carbons (Fsp3) is 0.600. The lowest BCUT2D eigenvalue weighted by Crippen LogP contribution is -2.48. The lowest BCUT2D eigenvalue weighted by molar-refractivity contribution is -0.144. The second-order valence-electron chi connectivity index (χ2n) is 6.97. The number of halogens is 2. The molecule has 6 nitrogen and oxygen atoms in total. The van der Waals surface area contributed by atoms with E-state index in [9.17, 15) is 4.79 Å². The number of benzene rings is 1. The molecule has 0 radical (unpaired) electrons. The van der Waals surface area contributed by atoms with Gasteiger partial charge in [-0.05, 0) is 37.5 Å². The van der Waals surface area contributed by atoms with Gasteiger partial charge in [-0.3, -0.25) is 14.7 Å². The van der Waals surface area contributed by atoms with Crippen LogP contribution in [0, 0.1) is 5.92 Å². The van der Waals surface area contributed by atoms with Crippen LogP contribution in [0.25, 0.3) is 0 Å². The predicted octanol–water partition coefficient (Wildman–Crippen LogP) is 3.40. The maximum Gasteiger partial charge on any atom is 0.310 e. The summed E-state index contributed by atoms with van der Waals surface area (Å²) in [5.74, 6) is 0.314. The van der Waals surface area contributed by atoms with Crippen molar-refractivity contribution in [2.45, 2.75) is 39.3 Å². The third-order valence-electron chi connectivity index (χ3n) is 4.72. The van der Waals surface area contributed by atoms with E-state index in [0.717, 1.165) is 49.5 Å². The maximum atomic E-state index is 11.5. The molecule has 1 unspecified atom stereocenters. The molecular formula is C20H32BrIN4O2. The standard InChI is InChI=1S/C20H31BrN4O2.HI/c1-4-22-20(23-13-15(2)19(26)27-3)24-18-9-11-25(12-10-18)14-16-5-7-17(21)8-6-16;/h5-8,15,18H,4,9-14H2,1-3H3,(H2,22,23,24);1H. The zero-order chi connectivity index (χ0) is 19.6. The highest BCUT2D eigenvalue weighted by Gasteiger charge is 2.20. The molecule has 0 amide bonds. The summed E-state index contributed by atoms with van der Waals surface area (Å²) in [6.45, 7) is 8.20. The lowest BCUT2D eigenvalue weighted by Gasteiger charge is -2.33. The van der Waals surface area contributed by atoms with Crippen LogP contribution in [0.5, 0.6) is 0 Å². The number of hydrogen-bond donors (Lipinski definition) is 2. The van der Waals surface area contributed by atoms with Gasteiger partial charge in [0, 0.05) is 36.7 Å². The summed E-state index contributed by atoms with van der Waals surface area (Å²) < 4.78 is 5.88. The van der Waals surface area contributed by atoms with E-state index in [2.05, 4.69) is 60.7 Å². The van der Waals surface area contributed by atoms with Gasteiger partial charge < -0.3 is 15.4 Å². The molecule has 1 aromatic rings. The quantitative estimate of drug-likeness (QED) is 0.229. The van der Waals surface area contributed by atoms with Crippen LogP contribution in [-0.2, 0) is 16.1 Å². The van der Waals surface area contributed by atoms with Crippen molar-refractivity contribution in [3.63, 3.8) is 0 Å². The molecule has 1 fully saturated rings. The van der Waals surface area contributed by atoms with E-state index in [1.807, 2.05) is 13.8 Å². The Labute approximate surface area is 194 Å². The van der Waals surface area contributed by atoms with Crippen molar-refractivity contribution < 1.29 is 9.53 Å². The SMILES string of the molecule is CCNC(=NCC(C)C(=O)OC)NC1CCN(Cc2ccc(Br)cc2)CC1.I. The highest BCUT2D eigenvalue weighted by Crippen LogP contribution is 2.16. The number of nitrogens with one attached hydrogen (secondary N) is 2. The Balaban J connectivity index is 0.00000392. The van der Waals surface area contributed by atoms with E-state index in [-0.39, 0.29) is 35.9 Å².